The Kier molecular flexibility index (Phi) is 8.56. The molecule has 4 aromatic rings. The van der Waals surface area contributed by atoms with Crippen molar-refractivity contribution in [2.24, 2.45) is 0 Å². The first-order valence-corrected chi connectivity index (χ1v) is 13.7. The fraction of sp³-hybridized carbons (Fsp3) is 0.273. The number of pyridine rings is 1. The van der Waals surface area contributed by atoms with E-state index in [0.29, 0.717) is 18.8 Å². The lowest BCUT2D eigenvalue weighted by atomic mass is 10.0. The molecule has 218 valence electrons. The van der Waals surface area contributed by atoms with E-state index in [2.05, 4.69) is 10.3 Å². The highest BCUT2D eigenvalue weighted by molar-refractivity contribution is 5.73. The van der Waals surface area contributed by atoms with E-state index in [1.807, 2.05) is 60.7 Å². The van der Waals surface area contributed by atoms with Crippen LogP contribution in [0.1, 0.15) is 31.9 Å². The molecule has 7 nitrogen and oxygen atoms in total. The van der Waals surface area contributed by atoms with Crippen LogP contribution in [0, 0.1) is 11.6 Å². The summed E-state index contributed by atoms with van der Waals surface area (Å²) in [5.74, 6) is -1.18. The highest BCUT2D eigenvalue weighted by atomic mass is 19.1. The first kappa shape index (κ1) is 28.9. The molecule has 5 rings (SSSR count). The molecule has 0 atom stereocenters. The lowest BCUT2D eigenvalue weighted by molar-refractivity contribution is 0.0496. The summed E-state index contributed by atoms with van der Waals surface area (Å²) in [4.78, 5) is 18.3. The largest absolute Gasteiger partial charge is 0.473 e. The maximum absolute atomic E-state index is 15.6. The van der Waals surface area contributed by atoms with Crippen molar-refractivity contribution in [2.75, 3.05) is 18.0 Å². The first-order chi connectivity index (χ1) is 20.1. The van der Waals surface area contributed by atoms with Crippen molar-refractivity contribution in [3.8, 4) is 22.9 Å². The molecule has 0 aliphatic carbocycles. The van der Waals surface area contributed by atoms with Gasteiger partial charge in [-0.25, -0.2) is 13.6 Å². The number of benzene rings is 3. The molecule has 0 unspecified atom stereocenters. The van der Waals surface area contributed by atoms with E-state index in [4.69, 9.17) is 14.2 Å². The Labute approximate surface area is 244 Å². The fourth-order valence-corrected chi connectivity index (χ4v) is 4.52. The standard InChI is InChI=1S/C33H33F2N3O4/c1-33(2,3)42-32(39)36-24-18-38(19-24)25-16-27(34)30(28(35)17-25)26-14-15-29(40-20-22-10-6-4-7-11-22)37-31(26)41-21-23-12-8-5-9-13-23/h4-17,24H,18-21H2,1-3H3,(H,36,39). The van der Waals surface area contributed by atoms with Crippen molar-refractivity contribution in [1.82, 2.24) is 10.3 Å². The van der Waals surface area contributed by atoms with Crippen molar-refractivity contribution in [3.63, 3.8) is 0 Å². The number of alkyl carbamates (subject to hydrolysis) is 1. The third-order valence-corrected chi connectivity index (χ3v) is 6.55. The number of anilines is 1. The van der Waals surface area contributed by atoms with Crippen LogP contribution in [0.3, 0.4) is 0 Å². The van der Waals surface area contributed by atoms with Gasteiger partial charge in [-0.15, -0.1) is 0 Å². The molecule has 42 heavy (non-hydrogen) atoms. The van der Waals surface area contributed by atoms with Gasteiger partial charge in [0.25, 0.3) is 0 Å². The van der Waals surface area contributed by atoms with Crippen molar-refractivity contribution < 1.29 is 27.8 Å². The second-order valence-corrected chi connectivity index (χ2v) is 11.1. The Hall–Kier alpha value is -4.66. The van der Waals surface area contributed by atoms with Crippen molar-refractivity contribution in [2.45, 2.75) is 45.6 Å². The van der Waals surface area contributed by atoms with Crippen LogP contribution in [0.25, 0.3) is 11.1 Å². The van der Waals surface area contributed by atoms with E-state index in [9.17, 15) is 4.79 Å². The van der Waals surface area contributed by atoms with Crippen LogP contribution in [0.5, 0.6) is 11.8 Å². The minimum atomic E-state index is -0.752. The number of rotatable bonds is 9. The molecule has 0 spiro atoms. The third-order valence-electron chi connectivity index (χ3n) is 6.55. The van der Waals surface area contributed by atoms with Gasteiger partial charge in [0.05, 0.1) is 17.2 Å². The number of hydrogen-bond donors (Lipinski definition) is 1. The SMILES string of the molecule is CC(C)(C)OC(=O)NC1CN(c2cc(F)c(-c3ccc(OCc4ccccc4)nc3OCc3ccccc3)c(F)c2)C1. The number of hydrogen-bond acceptors (Lipinski definition) is 6. The third kappa shape index (κ3) is 7.34. The maximum atomic E-state index is 15.6. The molecular weight excluding hydrogens is 540 g/mol. The average molecular weight is 574 g/mol. The van der Waals surface area contributed by atoms with Crippen LogP contribution in [-0.2, 0) is 18.0 Å². The predicted octanol–water partition coefficient (Wildman–Crippen LogP) is 6.90. The van der Waals surface area contributed by atoms with Gasteiger partial charge >= 0.3 is 6.09 Å². The zero-order chi connectivity index (χ0) is 29.7. The van der Waals surface area contributed by atoms with Crippen molar-refractivity contribution >= 4 is 11.8 Å². The zero-order valence-electron chi connectivity index (χ0n) is 23.8. The van der Waals surface area contributed by atoms with Gasteiger partial charge in [0.2, 0.25) is 11.8 Å². The summed E-state index contributed by atoms with van der Waals surface area (Å²) < 4.78 is 48.2. The summed E-state index contributed by atoms with van der Waals surface area (Å²) in [5.41, 5.74) is 1.53. The molecule has 3 aromatic carbocycles. The van der Waals surface area contributed by atoms with E-state index < -0.39 is 23.3 Å². The van der Waals surface area contributed by atoms with Gasteiger partial charge in [-0.05, 0) is 50.1 Å². The molecule has 1 aliphatic heterocycles. The Balaban J connectivity index is 1.34. The van der Waals surface area contributed by atoms with Crippen LogP contribution in [0.15, 0.2) is 84.9 Å². The second-order valence-electron chi connectivity index (χ2n) is 11.1. The molecule has 1 aliphatic rings. The average Bonchev–Trinajstić information content (AvgIpc) is 2.93. The van der Waals surface area contributed by atoms with Crippen LogP contribution in [0.2, 0.25) is 0 Å². The number of nitrogens with zero attached hydrogens (tertiary/aromatic N) is 2. The van der Waals surface area contributed by atoms with Gasteiger partial charge < -0.3 is 24.4 Å². The Morgan fingerprint density at radius 1 is 0.881 bits per heavy atom. The molecule has 1 fully saturated rings. The normalized spacial score (nSPS) is 13.3. The number of nitrogens with one attached hydrogen (secondary N) is 1. The lowest BCUT2D eigenvalue weighted by Gasteiger charge is -2.41. The maximum Gasteiger partial charge on any atom is 0.407 e. The summed E-state index contributed by atoms with van der Waals surface area (Å²) in [6.45, 7) is 6.59. The summed E-state index contributed by atoms with van der Waals surface area (Å²) in [7, 11) is 0. The minimum Gasteiger partial charge on any atom is -0.473 e. The van der Waals surface area contributed by atoms with E-state index in [0.717, 1.165) is 11.1 Å². The van der Waals surface area contributed by atoms with Crippen molar-refractivity contribution in [3.05, 3.63) is 108 Å². The molecule has 0 bridgehead atoms. The minimum absolute atomic E-state index is 0.0561. The highest BCUT2D eigenvalue weighted by Crippen LogP contribution is 2.37. The number of ether oxygens (including phenoxy) is 3. The zero-order valence-corrected chi connectivity index (χ0v) is 23.8. The number of amides is 1. The predicted molar refractivity (Wildman–Crippen MR) is 157 cm³/mol. The quantitative estimate of drug-likeness (QED) is 0.235. The Morgan fingerprint density at radius 2 is 1.45 bits per heavy atom. The van der Waals surface area contributed by atoms with Gasteiger partial charge in [0, 0.05) is 24.8 Å². The smallest absolute Gasteiger partial charge is 0.407 e. The summed E-state index contributed by atoms with van der Waals surface area (Å²) in [6, 6.07) is 24.6. The van der Waals surface area contributed by atoms with Crippen LogP contribution in [0.4, 0.5) is 19.3 Å². The van der Waals surface area contributed by atoms with Crippen LogP contribution < -0.4 is 19.7 Å². The summed E-state index contributed by atoms with van der Waals surface area (Å²) in [6.07, 6.45) is -0.522. The molecule has 2 heterocycles. The van der Waals surface area contributed by atoms with E-state index in [1.54, 1.807) is 37.8 Å². The van der Waals surface area contributed by atoms with E-state index in [-0.39, 0.29) is 42.1 Å². The fourth-order valence-electron chi connectivity index (χ4n) is 4.52. The highest BCUT2D eigenvalue weighted by Gasteiger charge is 2.31. The van der Waals surface area contributed by atoms with Gasteiger partial charge in [0.15, 0.2) is 0 Å². The van der Waals surface area contributed by atoms with Crippen LogP contribution in [-0.4, -0.2) is 35.8 Å². The molecule has 9 heteroatoms. The van der Waals surface area contributed by atoms with Crippen LogP contribution >= 0.6 is 0 Å². The monoisotopic (exact) mass is 573 g/mol. The van der Waals surface area contributed by atoms with Gasteiger partial charge in [0.1, 0.15) is 30.4 Å². The molecule has 1 N–H and O–H groups in total. The molecule has 1 saturated heterocycles. The van der Waals surface area contributed by atoms with Crippen molar-refractivity contribution in [1.29, 1.82) is 0 Å². The van der Waals surface area contributed by atoms with Gasteiger partial charge in [-0.3, -0.25) is 0 Å². The summed E-state index contributed by atoms with van der Waals surface area (Å²) in [5, 5.41) is 2.77. The molecule has 0 radical (unpaired) electrons. The Bertz CT molecular complexity index is 1500. The number of carbonyl (C=O) groups is 1. The molecule has 1 aromatic heterocycles. The van der Waals surface area contributed by atoms with E-state index >= 15 is 8.78 Å². The number of carbonyl (C=O) groups excluding carboxylic acids is 1. The number of aromatic nitrogens is 1. The first-order valence-electron chi connectivity index (χ1n) is 13.7. The van der Waals surface area contributed by atoms with Gasteiger partial charge in [-0.2, -0.15) is 4.98 Å². The Morgan fingerprint density at radius 3 is 2.02 bits per heavy atom. The number of halogens is 2. The summed E-state index contributed by atoms with van der Waals surface area (Å²) >= 11 is 0. The van der Waals surface area contributed by atoms with Gasteiger partial charge in [-0.1, -0.05) is 60.7 Å². The molecule has 1 amide bonds. The molecular formula is C33H33F2N3O4. The van der Waals surface area contributed by atoms with E-state index in [1.165, 1.54) is 12.1 Å². The second kappa shape index (κ2) is 12.5. The lowest BCUT2D eigenvalue weighted by Crippen LogP contribution is -2.60. The topological polar surface area (TPSA) is 72.9 Å². The molecule has 0 saturated carbocycles.